The van der Waals surface area contributed by atoms with Crippen molar-refractivity contribution in [3.63, 3.8) is 0 Å². The Hall–Kier alpha value is -1.35. The Balaban J connectivity index is 1.91. The predicted octanol–water partition coefficient (Wildman–Crippen LogP) is 3.41. The molecule has 108 valence electrons. The van der Waals surface area contributed by atoms with E-state index in [2.05, 4.69) is 43.7 Å². The van der Waals surface area contributed by atoms with Gasteiger partial charge in [-0.2, -0.15) is 0 Å². The van der Waals surface area contributed by atoms with Crippen LogP contribution in [0.3, 0.4) is 0 Å². The lowest BCUT2D eigenvalue weighted by atomic mass is 9.67. The molecule has 1 aromatic heterocycles. The van der Waals surface area contributed by atoms with E-state index in [-0.39, 0.29) is 5.54 Å². The van der Waals surface area contributed by atoms with Crippen molar-refractivity contribution in [3.8, 4) is 0 Å². The van der Waals surface area contributed by atoms with E-state index >= 15 is 0 Å². The van der Waals surface area contributed by atoms with Crippen molar-refractivity contribution in [2.45, 2.75) is 51.5 Å². The fourth-order valence-corrected chi connectivity index (χ4v) is 3.87. The number of nitrogens with two attached hydrogens (primary N) is 1. The highest BCUT2D eigenvalue weighted by Crippen LogP contribution is 2.41. The molecule has 2 N–H and O–H groups in total. The van der Waals surface area contributed by atoms with Gasteiger partial charge in [0.05, 0.1) is 11.0 Å². The van der Waals surface area contributed by atoms with Gasteiger partial charge < -0.3 is 10.3 Å². The Bertz CT molecular complexity index is 626. The molecule has 1 saturated carbocycles. The fraction of sp³-hybridized carbons (Fsp3) is 0.588. The average Bonchev–Trinajstić information content (AvgIpc) is 2.65. The number of imidazole rings is 1. The lowest BCUT2D eigenvalue weighted by Crippen LogP contribution is -2.49. The van der Waals surface area contributed by atoms with Gasteiger partial charge in [0.1, 0.15) is 5.82 Å². The normalized spacial score (nSPS) is 26.0. The van der Waals surface area contributed by atoms with Gasteiger partial charge in [0.15, 0.2) is 0 Å². The van der Waals surface area contributed by atoms with Crippen LogP contribution in [0.15, 0.2) is 24.3 Å². The van der Waals surface area contributed by atoms with Crippen LogP contribution in [0.2, 0.25) is 0 Å². The first-order valence-corrected chi connectivity index (χ1v) is 7.58. The van der Waals surface area contributed by atoms with Crippen LogP contribution in [0.25, 0.3) is 11.0 Å². The molecule has 1 unspecified atom stereocenters. The third-order valence-corrected chi connectivity index (χ3v) is 4.75. The molecule has 0 aliphatic heterocycles. The minimum Gasteiger partial charge on any atom is -0.331 e. The van der Waals surface area contributed by atoms with E-state index in [0.29, 0.717) is 5.41 Å². The molecule has 20 heavy (non-hydrogen) atoms. The topological polar surface area (TPSA) is 43.8 Å². The number of para-hydroxylation sites is 2. The fourth-order valence-electron chi connectivity index (χ4n) is 3.87. The van der Waals surface area contributed by atoms with E-state index < -0.39 is 0 Å². The first-order valence-electron chi connectivity index (χ1n) is 7.58. The first kappa shape index (κ1) is 13.6. The molecule has 1 atom stereocenters. The molecule has 0 spiro atoms. The Morgan fingerprint density at radius 3 is 2.70 bits per heavy atom. The zero-order chi connectivity index (χ0) is 14.4. The smallest absolute Gasteiger partial charge is 0.111 e. The number of aromatic nitrogens is 2. The summed E-state index contributed by atoms with van der Waals surface area (Å²) in [5.41, 5.74) is 9.23. The SMILES string of the molecule is Cn1c(CC2(N)CCCC(C)(C)C2)nc2ccccc21. The summed E-state index contributed by atoms with van der Waals surface area (Å²) in [5, 5.41) is 0. The van der Waals surface area contributed by atoms with Crippen LogP contribution in [0.1, 0.15) is 45.4 Å². The number of benzene rings is 1. The van der Waals surface area contributed by atoms with Crippen LogP contribution in [0.5, 0.6) is 0 Å². The zero-order valence-corrected chi connectivity index (χ0v) is 12.8. The minimum atomic E-state index is -0.100. The summed E-state index contributed by atoms with van der Waals surface area (Å²) in [6.45, 7) is 4.67. The molecule has 0 bridgehead atoms. The second-order valence-electron chi connectivity index (χ2n) is 7.31. The number of rotatable bonds is 2. The van der Waals surface area contributed by atoms with Crippen molar-refractivity contribution >= 4 is 11.0 Å². The molecule has 0 radical (unpaired) electrons. The molecule has 1 aliphatic carbocycles. The van der Waals surface area contributed by atoms with Gasteiger partial charge in [-0.05, 0) is 36.8 Å². The highest BCUT2D eigenvalue weighted by molar-refractivity contribution is 5.75. The van der Waals surface area contributed by atoms with E-state index in [1.165, 1.54) is 18.4 Å². The van der Waals surface area contributed by atoms with Crippen LogP contribution in [0.4, 0.5) is 0 Å². The van der Waals surface area contributed by atoms with Gasteiger partial charge in [-0.25, -0.2) is 4.98 Å². The lowest BCUT2D eigenvalue weighted by molar-refractivity contribution is 0.149. The number of aryl methyl sites for hydroxylation is 1. The van der Waals surface area contributed by atoms with Crippen molar-refractivity contribution in [3.05, 3.63) is 30.1 Å². The molecule has 3 nitrogen and oxygen atoms in total. The Labute approximate surface area is 121 Å². The van der Waals surface area contributed by atoms with E-state index in [4.69, 9.17) is 10.7 Å². The van der Waals surface area contributed by atoms with Crippen molar-refractivity contribution in [1.29, 1.82) is 0 Å². The molecule has 1 aliphatic rings. The maximum Gasteiger partial charge on any atom is 0.111 e. The standard InChI is InChI=1S/C17H25N3/c1-16(2)9-6-10-17(18,12-16)11-15-19-13-7-4-5-8-14(13)20(15)3/h4-5,7-8H,6,9-12,18H2,1-3H3. The van der Waals surface area contributed by atoms with Crippen molar-refractivity contribution in [2.24, 2.45) is 18.2 Å². The van der Waals surface area contributed by atoms with Crippen LogP contribution in [0, 0.1) is 5.41 Å². The van der Waals surface area contributed by atoms with Gasteiger partial charge in [0.25, 0.3) is 0 Å². The molecule has 0 amide bonds. The largest absolute Gasteiger partial charge is 0.331 e. The van der Waals surface area contributed by atoms with Gasteiger partial charge in [-0.3, -0.25) is 0 Å². The summed E-state index contributed by atoms with van der Waals surface area (Å²) in [4.78, 5) is 4.78. The van der Waals surface area contributed by atoms with Crippen LogP contribution < -0.4 is 5.73 Å². The average molecular weight is 271 g/mol. The highest BCUT2D eigenvalue weighted by atomic mass is 15.1. The van der Waals surface area contributed by atoms with Crippen molar-refractivity contribution in [1.82, 2.24) is 9.55 Å². The first-order chi connectivity index (χ1) is 9.39. The number of hydrogen-bond donors (Lipinski definition) is 1. The maximum absolute atomic E-state index is 6.70. The van der Waals surface area contributed by atoms with Crippen molar-refractivity contribution in [2.75, 3.05) is 0 Å². The molecule has 2 aromatic rings. The molecule has 1 heterocycles. The van der Waals surface area contributed by atoms with Gasteiger partial charge in [0, 0.05) is 19.0 Å². The second-order valence-corrected chi connectivity index (χ2v) is 7.31. The summed E-state index contributed by atoms with van der Waals surface area (Å²) in [7, 11) is 2.10. The third kappa shape index (κ3) is 2.47. The summed E-state index contributed by atoms with van der Waals surface area (Å²) in [6, 6.07) is 8.31. The molecule has 1 aromatic carbocycles. The third-order valence-electron chi connectivity index (χ3n) is 4.75. The Morgan fingerprint density at radius 1 is 1.25 bits per heavy atom. The maximum atomic E-state index is 6.70. The second kappa shape index (κ2) is 4.59. The lowest BCUT2D eigenvalue weighted by Gasteiger charge is -2.42. The predicted molar refractivity (Wildman–Crippen MR) is 83.6 cm³/mol. The Kier molecular flexibility index (Phi) is 3.13. The van der Waals surface area contributed by atoms with E-state index in [9.17, 15) is 0 Å². The molecular weight excluding hydrogens is 246 g/mol. The van der Waals surface area contributed by atoms with E-state index in [1.807, 2.05) is 6.07 Å². The zero-order valence-electron chi connectivity index (χ0n) is 12.8. The summed E-state index contributed by atoms with van der Waals surface area (Å²) < 4.78 is 2.20. The molecule has 3 rings (SSSR count). The number of nitrogens with zero attached hydrogens (tertiary/aromatic N) is 2. The van der Waals surface area contributed by atoms with E-state index in [1.54, 1.807) is 0 Å². The summed E-state index contributed by atoms with van der Waals surface area (Å²) >= 11 is 0. The molecule has 0 saturated heterocycles. The minimum absolute atomic E-state index is 0.100. The molecule has 3 heteroatoms. The van der Waals surface area contributed by atoms with Gasteiger partial charge >= 0.3 is 0 Å². The van der Waals surface area contributed by atoms with Gasteiger partial charge in [-0.1, -0.05) is 32.4 Å². The summed E-state index contributed by atoms with van der Waals surface area (Å²) in [5.74, 6) is 1.12. The van der Waals surface area contributed by atoms with E-state index in [0.717, 1.165) is 30.6 Å². The van der Waals surface area contributed by atoms with Crippen LogP contribution in [-0.4, -0.2) is 15.1 Å². The van der Waals surface area contributed by atoms with Gasteiger partial charge in [0.2, 0.25) is 0 Å². The van der Waals surface area contributed by atoms with Crippen LogP contribution in [-0.2, 0) is 13.5 Å². The quantitative estimate of drug-likeness (QED) is 0.909. The molecular formula is C17H25N3. The monoisotopic (exact) mass is 271 g/mol. The summed E-state index contributed by atoms with van der Waals surface area (Å²) in [6.07, 6.45) is 5.59. The van der Waals surface area contributed by atoms with Crippen molar-refractivity contribution < 1.29 is 0 Å². The number of hydrogen-bond acceptors (Lipinski definition) is 2. The van der Waals surface area contributed by atoms with Gasteiger partial charge in [-0.15, -0.1) is 0 Å². The molecule has 1 fully saturated rings. The van der Waals surface area contributed by atoms with Crippen LogP contribution >= 0.6 is 0 Å². The highest BCUT2D eigenvalue weighted by Gasteiger charge is 2.37. The Morgan fingerprint density at radius 2 is 2.00 bits per heavy atom. The number of fused-ring (bicyclic) bond motifs is 1.